The number of ketones is 1. The molecule has 1 saturated carbocycles. The standard InChI is InChI=1S/C14H15F3O2/c15-14(16,17)11-4-6-12(7-5-11)19-9-8-10-2-1-3-13(10)18/h4-7,10H,1-3,8-9H2. The average Bonchev–Trinajstić information content (AvgIpc) is 2.75. The first-order valence-electron chi connectivity index (χ1n) is 6.29. The Bertz CT molecular complexity index is 437. The van der Waals surface area contributed by atoms with Crippen LogP contribution in [0.3, 0.4) is 0 Å². The molecule has 0 bridgehead atoms. The lowest BCUT2D eigenvalue weighted by molar-refractivity contribution is -0.137. The molecule has 0 radical (unpaired) electrons. The number of carbonyl (C=O) groups is 1. The molecular formula is C14H15F3O2. The van der Waals surface area contributed by atoms with Crippen LogP contribution in [0.15, 0.2) is 24.3 Å². The zero-order valence-corrected chi connectivity index (χ0v) is 10.4. The zero-order valence-electron chi connectivity index (χ0n) is 10.4. The van der Waals surface area contributed by atoms with Crippen LogP contribution in [0, 0.1) is 5.92 Å². The maximum absolute atomic E-state index is 12.3. The van der Waals surface area contributed by atoms with Crippen LogP contribution >= 0.6 is 0 Å². The minimum Gasteiger partial charge on any atom is -0.494 e. The highest BCUT2D eigenvalue weighted by molar-refractivity contribution is 5.82. The topological polar surface area (TPSA) is 26.3 Å². The van der Waals surface area contributed by atoms with E-state index in [-0.39, 0.29) is 11.7 Å². The highest BCUT2D eigenvalue weighted by Gasteiger charge is 2.30. The molecule has 2 nitrogen and oxygen atoms in total. The Morgan fingerprint density at radius 1 is 1.21 bits per heavy atom. The molecule has 2 rings (SSSR count). The van der Waals surface area contributed by atoms with E-state index in [2.05, 4.69) is 0 Å². The van der Waals surface area contributed by atoms with Gasteiger partial charge < -0.3 is 4.74 Å². The van der Waals surface area contributed by atoms with Crippen LogP contribution in [-0.4, -0.2) is 12.4 Å². The Balaban J connectivity index is 1.82. The van der Waals surface area contributed by atoms with Crippen LogP contribution in [-0.2, 0) is 11.0 Å². The number of alkyl halides is 3. The molecule has 0 heterocycles. The summed E-state index contributed by atoms with van der Waals surface area (Å²) >= 11 is 0. The summed E-state index contributed by atoms with van der Waals surface area (Å²) in [5, 5.41) is 0. The number of halogens is 3. The Morgan fingerprint density at radius 3 is 2.42 bits per heavy atom. The second kappa shape index (κ2) is 5.63. The van der Waals surface area contributed by atoms with Crippen molar-refractivity contribution >= 4 is 5.78 Å². The van der Waals surface area contributed by atoms with Crippen LogP contribution in [0.4, 0.5) is 13.2 Å². The van der Waals surface area contributed by atoms with Gasteiger partial charge in [0.15, 0.2) is 0 Å². The van der Waals surface area contributed by atoms with Crippen molar-refractivity contribution in [2.45, 2.75) is 31.9 Å². The summed E-state index contributed by atoms with van der Waals surface area (Å²) in [4.78, 5) is 11.4. The van der Waals surface area contributed by atoms with Crippen molar-refractivity contribution in [3.05, 3.63) is 29.8 Å². The predicted molar refractivity (Wildman–Crippen MR) is 63.9 cm³/mol. The lowest BCUT2D eigenvalue weighted by Gasteiger charge is -2.11. The molecule has 19 heavy (non-hydrogen) atoms. The Morgan fingerprint density at radius 2 is 1.89 bits per heavy atom. The van der Waals surface area contributed by atoms with Gasteiger partial charge in [-0.2, -0.15) is 13.2 Å². The van der Waals surface area contributed by atoms with Crippen molar-refractivity contribution in [2.75, 3.05) is 6.61 Å². The Labute approximate surface area is 109 Å². The summed E-state index contributed by atoms with van der Waals surface area (Å²) in [6.45, 7) is 0.363. The fraction of sp³-hybridized carbons (Fsp3) is 0.500. The maximum Gasteiger partial charge on any atom is 0.416 e. The van der Waals surface area contributed by atoms with Gasteiger partial charge in [-0.15, -0.1) is 0 Å². The fourth-order valence-corrected chi connectivity index (χ4v) is 2.25. The molecule has 104 valence electrons. The molecule has 0 saturated heterocycles. The average molecular weight is 272 g/mol. The quantitative estimate of drug-likeness (QED) is 0.832. The number of Topliss-reactive ketones (excluding diaryl/α,β-unsaturated/α-hetero) is 1. The third kappa shape index (κ3) is 3.72. The van der Waals surface area contributed by atoms with E-state index in [0.717, 1.165) is 25.0 Å². The van der Waals surface area contributed by atoms with E-state index in [1.54, 1.807) is 0 Å². The summed E-state index contributed by atoms with van der Waals surface area (Å²) in [5.74, 6) is 0.740. The third-order valence-electron chi connectivity index (χ3n) is 3.35. The normalized spacial score (nSPS) is 19.7. The number of rotatable bonds is 4. The molecule has 1 fully saturated rings. The highest BCUT2D eigenvalue weighted by atomic mass is 19.4. The summed E-state index contributed by atoms with van der Waals surface area (Å²) in [7, 11) is 0. The number of hydrogen-bond donors (Lipinski definition) is 0. The molecule has 0 aliphatic heterocycles. The van der Waals surface area contributed by atoms with Crippen LogP contribution < -0.4 is 4.74 Å². The Hall–Kier alpha value is -1.52. The molecule has 0 spiro atoms. The smallest absolute Gasteiger partial charge is 0.416 e. The molecule has 1 unspecified atom stereocenters. The first-order chi connectivity index (χ1) is 8.97. The lowest BCUT2D eigenvalue weighted by atomic mass is 10.0. The van der Waals surface area contributed by atoms with Gasteiger partial charge in [0.05, 0.1) is 12.2 Å². The molecule has 1 aliphatic rings. The maximum atomic E-state index is 12.3. The Kier molecular flexibility index (Phi) is 4.12. The van der Waals surface area contributed by atoms with Crippen LogP contribution in [0.5, 0.6) is 5.75 Å². The first kappa shape index (κ1) is 13.9. The minimum absolute atomic E-state index is 0.0643. The van der Waals surface area contributed by atoms with Gasteiger partial charge in [0.25, 0.3) is 0 Å². The number of hydrogen-bond acceptors (Lipinski definition) is 2. The SMILES string of the molecule is O=C1CCCC1CCOc1ccc(C(F)(F)F)cc1. The van der Waals surface area contributed by atoms with Gasteiger partial charge in [0.2, 0.25) is 0 Å². The molecule has 1 atom stereocenters. The van der Waals surface area contributed by atoms with Crippen LogP contribution in [0.25, 0.3) is 0 Å². The van der Waals surface area contributed by atoms with Gasteiger partial charge in [-0.25, -0.2) is 0 Å². The van der Waals surface area contributed by atoms with Gasteiger partial charge in [0.1, 0.15) is 11.5 Å². The summed E-state index contributed by atoms with van der Waals surface area (Å²) in [6, 6.07) is 4.60. The second-order valence-corrected chi connectivity index (χ2v) is 4.71. The summed E-state index contributed by atoms with van der Waals surface area (Å²) in [6.07, 6.45) is -1.21. The molecule has 5 heteroatoms. The minimum atomic E-state index is -4.32. The van der Waals surface area contributed by atoms with Crippen molar-refractivity contribution in [3.63, 3.8) is 0 Å². The van der Waals surface area contributed by atoms with E-state index >= 15 is 0 Å². The number of carbonyl (C=O) groups excluding carboxylic acids is 1. The first-order valence-corrected chi connectivity index (χ1v) is 6.29. The van der Waals surface area contributed by atoms with E-state index in [1.165, 1.54) is 12.1 Å². The monoisotopic (exact) mass is 272 g/mol. The highest BCUT2D eigenvalue weighted by Crippen LogP contribution is 2.30. The predicted octanol–water partition coefficient (Wildman–Crippen LogP) is 3.84. The van der Waals surface area contributed by atoms with Crippen molar-refractivity contribution in [1.29, 1.82) is 0 Å². The molecule has 1 aliphatic carbocycles. The summed E-state index contributed by atoms with van der Waals surface area (Å²) < 4.78 is 42.4. The largest absolute Gasteiger partial charge is 0.494 e. The van der Waals surface area contributed by atoms with Crippen molar-refractivity contribution < 1.29 is 22.7 Å². The molecule has 0 aromatic heterocycles. The zero-order chi connectivity index (χ0) is 13.9. The molecule has 0 amide bonds. The molecule has 1 aromatic carbocycles. The molecular weight excluding hydrogens is 257 g/mol. The molecule has 1 aromatic rings. The van der Waals surface area contributed by atoms with E-state index in [1.807, 2.05) is 0 Å². The van der Waals surface area contributed by atoms with E-state index < -0.39 is 11.7 Å². The third-order valence-corrected chi connectivity index (χ3v) is 3.35. The lowest BCUT2D eigenvalue weighted by Crippen LogP contribution is -2.11. The van der Waals surface area contributed by atoms with Gasteiger partial charge >= 0.3 is 6.18 Å². The van der Waals surface area contributed by atoms with Gasteiger partial charge in [-0.1, -0.05) is 0 Å². The van der Waals surface area contributed by atoms with E-state index in [0.29, 0.717) is 25.2 Å². The van der Waals surface area contributed by atoms with E-state index in [4.69, 9.17) is 4.74 Å². The molecule has 0 N–H and O–H groups in total. The van der Waals surface area contributed by atoms with Gasteiger partial charge in [-0.05, 0) is 43.5 Å². The summed E-state index contributed by atoms with van der Waals surface area (Å²) in [5.41, 5.74) is -0.689. The van der Waals surface area contributed by atoms with Crippen molar-refractivity contribution in [1.82, 2.24) is 0 Å². The van der Waals surface area contributed by atoms with Crippen LogP contribution in [0.2, 0.25) is 0 Å². The van der Waals surface area contributed by atoms with Gasteiger partial charge in [0, 0.05) is 12.3 Å². The van der Waals surface area contributed by atoms with Gasteiger partial charge in [-0.3, -0.25) is 4.79 Å². The van der Waals surface area contributed by atoms with E-state index in [9.17, 15) is 18.0 Å². The second-order valence-electron chi connectivity index (χ2n) is 4.71. The number of benzene rings is 1. The van der Waals surface area contributed by atoms with Crippen molar-refractivity contribution in [2.24, 2.45) is 5.92 Å². The van der Waals surface area contributed by atoms with Crippen molar-refractivity contribution in [3.8, 4) is 5.75 Å². The van der Waals surface area contributed by atoms with Crippen LogP contribution in [0.1, 0.15) is 31.2 Å². The number of ether oxygens (including phenoxy) is 1. The fourth-order valence-electron chi connectivity index (χ4n) is 2.25.